The molecule has 2 aromatic heterocycles. The Balaban J connectivity index is 2.48. The summed E-state index contributed by atoms with van der Waals surface area (Å²) in [5, 5.41) is 2.39. The Morgan fingerprint density at radius 3 is 2.62 bits per heavy atom. The summed E-state index contributed by atoms with van der Waals surface area (Å²) in [6, 6.07) is 0. The van der Waals surface area contributed by atoms with Crippen molar-refractivity contribution < 1.29 is 13.2 Å². The molecule has 0 atom stereocenters. The molecule has 0 aliphatic carbocycles. The number of aromatic nitrogens is 2. The summed E-state index contributed by atoms with van der Waals surface area (Å²) in [7, 11) is -3.09. The molecule has 0 fully saturated rings. The van der Waals surface area contributed by atoms with Gasteiger partial charge in [-0.2, -0.15) is 0 Å². The fourth-order valence-electron chi connectivity index (χ4n) is 2.44. The number of carbonyl (C=O) groups is 1. The van der Waals surface area contributed by atoms with E-state index in [0.717, 1.165) is 17.0 Å². The largest absolute Gasteiger partial charge is 0.356 e. The van der Waals surface area contributed by atoms with Crippen molar-refractivity contribution in [3.05, 3.63) is 27.2 Å². The van der Waals surface area contributed by atoms with Gasteiger partial charge in [0.15, 0.2) is 15.6 Å². The number of hydrogen-bond donors (Lipinski definition) is 1. The molecule has 2 heterocycles. The lowest BCUT2D eigenvalue weighted by molar-refractivity contribution is 0.101. The number of carbonyl (C=O) groups excluding carboxylic acids is 1. The van der Waals surface area contributed by atoms with Gasteiger partial charge in [-0.05, 0) is 25.8 Å². The van der Waals surface area contributed by atoms with Gasteiger partial charge in [0.25, 0.3) is 0 Å². The van der Waals surface area contributed by atoms with Crippen LogP contribution in [0.2, 0.25) is 0 Å². The van der Waals surface area contributed by atoms with E-state index >= 15 is 0 Å². The zero-order chi connectivity index (χ0) is 15.8. The first-order chi connectivity index (χ1) is 9.73. The van der Waals surface area contributed by atoms with Gasteiger partial charge < -0.3 is 4.98 Å². The SMILES string of the molecule is CCc1c(-c2csc(CS(C)(=O)=O)n2)[nH]c(C)c1C(C)=O. The Hall–Kier alpha value is -1.47. The molecule has 0 aromatic carbocycles. The molecular formula is C14H18N2O3S2. The molecule has 114 valence electrons. The maximum Gasteiger partial charge on any atom is 0.161 e. The molecule has 2 rings (SSSR count). The first kappa shape index (κ1) is 15.9. The summed E-state index contributed by atoms with van der Waals surface area (Å²) >= 11 is 1.32. The molecular weight excluding hydrogens is 308 g/mol. The Morgan fingerprint density at radius 2 is 2.10 bits per heavy atom. The summed E-state index contributed by atoms with van der Waals surface area (Å²) in [6.07, 6.45) is 1.91. The molecule has 0 aliphatic rings. The number of H-pyrrole nitrogens is 1. The van der Waals surface area contributed by atoms with Gasteiger partial charge in [-0.15, -0.1) is 11.3 Å². The third kappa shape index (κ3) is 3.41. The summed E-state index contributed by atoms with van der Waals surface area (Å²) in [5.74, 6) is -0.0308. The molecule has 0 radical (unpaired) electrons. The van der Waals surface area contributed by atoms with Gasteiger partial charge in [0.2, 0.25) is 0 Å². The summed E-state index contributed by atoms with van der Waals surface area (Å²) < 4.78 is 22.7. The average molecular weight is 326 g/mol. The van der Waals surface area contributed by atoms with E-state index in [1.807, 2.05) is 19.2 Å². The molecule has 0 saturated carbocycles. The molecule has 0 unspecified atom stereocenters. The van der Waals surface area contributed by atoms with Crippen LogP contribution in [0.25, 0.3) is 11.4 Å². The number of hydrogen-bond acceptors (Lipinski definition) is 5. The van der Waals surface area contributed by atoms with Crippen LogP contribution >= 0.6 is 11.3 Å². The fraction of sp³-hybridized carbons (Fsp3) is 0.429. The van der Waals surface area contributed by atoms with Gasteiger partial charge in [0, 0.05) is 22.9 Å². The maximum absolute atomic E-state index is 11.8. The molecule has 5 nitrogen and oxygen atoms in total. The lowest BCUT2D eigenvalue weighted by Crippen LogP contribution is -2.00. The zero-order valence-electron chi connectivity index (χ0n) is 12.5. The standard InChI is InChI=1S/C14H18N2O3S2/c1-5-10-13(9(3)17)8(2)15-14(10)11-6-20-12(16-11)7-21(4,18)19/h6,15H,5,7H2,1-4H3. The van der Waals surface area contributed by atoms with Crippen LogP contribution < -0.4 is 0 Å². The first-order valence-electron chi connectivity index (χ1n) is 6.57. The number of ketones is 1. The molecule has 21 heavy (non-hydrogen) atoms. The second-order valence-corrected chi connectivity index (χ2v) is 8.17. The summed E-state index contributed by atoms with van der Waals surface area (Å²) in [5.41, 5.74) is 4.00. The van der Waals surface area contributed by atoms with E-state index in [-0.39, 0.29) is 11.5 Å². The van der Waals surface area contributed by atoms with Crippen molar-refractivity contribution in [2.75, 3.05) is 6.26 Å². The highest BCUT2D eigenvalue weighted by atomic mass is 32.2. The van der Waals surface area contributed by atoms with Gasteiger partial charge in [-0.25, -0.2) is 13.4 Å². The minimum Gasteiger partial charge on any atom is -0.356 e. The van der Waals surface area contributed by atoms with Crippen LogP contribution in [0.4, 0.5) is 0 Å². The van der Waals surface area contributed by atoms with Crippen molar-refractivity contribution in [2.45, 2.75) is 32.9 Å². The lowest BCUT2D eigenvalue weighted by atomic mass is 10.0. The van der Waals surface area contributed by atoms with Crippen LogP contribution in [-0.4, -0.2) is 30.4 Å². The predicted octanol–water partition coefficient (Wildman–Crippen LogP) is 2.76. The van der Waals surface area contributed by atoms with Crippen molar-refractivity contribution in [1.82, 2.24) is 9.97 Å². The Morgan fingerprint density at radius 1 is 1.43 bits per heavy atom. The maximum atomic E-state index is 11.8. The second-order valence-electron chi connectivity index (χ2n) is 5.08. The van der Waals surface area contributed by atoms with E-state index in [2.05, 4.69) is 9.97 Å². The molecule has 0 amide bonds. The van der Waals surface area contributed by atoms with Crippen molar-refractivity contribution >= 4 is 27.0 Å². The number of aromatic amines is 1. The minimum atomic E-state index is -3.09. The molecule has 0 bridgehead atoms. The number of aryl methyl sites for hydroxylation is 1. The van der Waals surface area contributed by atoms with E-state index < -0.39 is 9.84 Å². The van der Waals surface area contributed by atoms with Gasteiger partial charge in [-0.3, -0.25) is 4.79 Å². The van der Waals surface area contributed by atoms with Crippen molar-refractivity contribution in [3.63, 3.8) is 0 Å². The van der Waals surface area contributed by atoms with Gasteiger partial charge in [-0.1, -0.05) is 6.92 Å². The van der Waals surface area contributed by atoms with Crippen molar-refractivity contribution in [1.29, 1.82) is 0 Å². The topological polar surface area (TPSA) is 79.9 Å². The van der Waals surface area contributed by atoms with E-state index in [9.17, 15) is 13.2 Å². The van der Waals surface area contributed by atoms with Crippen LogP contribution in [0.3, 0.4) is 0 Å². The Bertz CT molecular complexity index is 785. The van der Waals surface area contributed by atoms with E-state index in [1.165, 1.54) is 17.6 Å². The molecule has 0 aliphatic heterocycles. The number of thiazole rings is 1. The molecule has 7 heteroatoms. The number of rotatable bonds is 5. The molecule has 1 N–H and O–H groups in total. The Labute approximate surface area is 128 Å². The Kier molecular flexibility index (Phi) is 4.34. The van der Waals surface area contributed by atoms with Crippen LogP contribution in [0.15, 0.2) is 5.38 Å². The smallest absolute Gasteiger partial charge is 0.161 e. The van der Waals surface area contributed by atoms with Crippen molar-refractivity contribution in [3.8, 4) is 11.4 Å². The molecule has 0 spiro atoms. The van der Waals surface area contributed by atoms with E-state index in [1.54, 1.807) is 6.92 Å². The van der Waals surface area contributed by atoms with Crippen LogP contribution in [0.1, 0.15) is 40.5 Å². The molecule has 0 saturated heterocycles. The summed E-state index contributed by atoms with van der Waals surface area (Å²) in [6.45, 7) is 5.40. The second kappa shape index (κ2) is 5.73. The highest BCUT2D eigenvalue weighted by molar-refractivity contribution is 7.90. The number of sulfone groups is 1. The highest BCUT2D eigenvalue weighted by Gasteiger charge is 2.20. The molecule has 2 aromatic rings. The minimum absolute atomic E-state index is 0.0263. The lowest BCUT2D eigenvalue weighted by Gasteiger charge is -2.00. The summed E-state index contributed by atoms with van der Waals surface area (Å²) in [4.78, 5) is 19.4. The van der Waals surface area contributed by atoms with Crippen molar-refractivity contribution in [2.24, 2.45) is 0 Å². The first-order valence-corrected chi connectivity index (χ1v) is 9.51. The average Bonchev–Trinajstić information content (AvgIpc) is 2.90. The van der Waals surface area contributed by atoms with Crippen LogP contribution in [0.5, 0.6) is 0 Å². The zero-order valence-corrected chi connectivity index (χ0v) is 14.1. The van der Waals surface area contributed by atoms with E-state index in [0.29, 0.717) is 22.7 Å². The monoisotopic (exact) mass is 326 g/mol. The normalized spacial score (nSPS) is 11.8. The van der Waals surface area contributed by atoms with Gasteiger partial charge in [0.05, 0.1) is 11.4 Å². The van der Waals surface area contributed by atoms with Gasteiger partial charge >= 0.3 is 0 Å². The predicted molar refractivity (Wildman–Crippen MR) is 84.6 cm³/mol. The fourth-order valence-corrected chi connectivity index (χ4v) is 4.44. The van der Waals surface area contributed by atoms with Crippen LogP contribution in [-0.2, 0) is 22.0 Å². The third-order valence-corrected chi connectivity index (χ3v) is 5.02. The third-order valence-electron chi connectivity index (χ3n) is 3.19. The number of nitrogens with one attached hydrogen (secondary N) is 1. The number of Topliss-reactive ketones (excluding diaryl/α,β-unsaturated/α-hetero) is 1. The quantitative estimate of drug-likeness (QED) is 0.857. The van der Waals surface area contributed by atoms with Gasteiger partial charge in [0.1, 0.15) is 10.8 Å². The highest BCUT2D eigenvalue weighted by Crippen LogP contribution is 2.30. The van der Waals surface area contributed by atoms with E-state index in [4.69, 9.17) is 0 Å². The number of nitrogens with zero attached hydrogens (tertiary/aromatic N) is 1. The van der Waals surface area contributed by atoms with Crippen LogP contribution in [0, 0.1) is 6.92 Å².